The minimum atomic E-state index is -3.75. The van der Waals surface area contributed by atoms with E-state index in [0.717, 1.165) is 11.5 Å². The molecule has 3 aromatic rings. The van der Waals surface area contributed by atoms with Crippen molar-refractivity contribution in [2.24, 2.45) is 5.92 Å². The highest BCUT2D eigenvalue weighted by molar-refractivity contribution is 7.89. The molecule has 0 aromatic carbocycles. The molecule has 0 saturated carbocycles. The Morgan fingerprint density at radius 3 is 2.90 bits per heavy atom. The number of hydrogen-bond acceptors (Lipinski definition) is 7. The fourth-order valence-electron chi connectivity index (χ4n) is 3.85. The first kappa shape index (κ1) is 20.5. The first-order valence-electron chi connectivity index (χ1n) is 9.87. The summed E-state index contributed by atoms with van der Waals surface area (Å²) < 4.78 is 34.3. The van der Waals surface area contributed by atoms with Crippen molar-refractivity contribution >= 4 is 21.6 Å². The Hall–Kier alpha value is -2.79. The van der Waals surface area contributed by atoms with E-state index in [1.165, 1.54) is 4.31 Å². The molecule has 30 heavy (non-hydrogen) atoms. The molecule has 10 nitrogen and oxygen atoms in total. The maximum absolute atomic E-state index is 13.0. The second-order valence-electron chi connectivity index (χ2n) is 7.44. The third-order valence-corrected chi connectivity index (χ3v) is 7.46. The van der Waals surface area contributed by atoms with Crippen molar-refractivity contribution in [1.82, 2.24) is 29.4 Å². The van der Waals surface area contributed by atoms with Gasteiger partial charge in [0.05, 0.1) is 5.92 Å². The summed E-state index contributed by atoms with van der Waals surface area (Å²) >= 11 is 0. The van der Waals surface area contributed by atoms with Crippen LogP contribution in [-0.2, 0) is 21.2 Å². The monoisotopic (exact) mass is 432 g/mol. The zero-order valence-electron chi connectivity index (χ0n) is 16.9. The number of aryl methyl sites for hydroxylation is 2. The Morgan fingerprint density at radius 2 is 2.13 bits per heavy atom. The van der Waals surface area contributed by atoms with Gasteiger partial charge < -0.3 is 9.84 Å². The lowest BCUT2D eigenvalue weighted by molar-refractivity contribution is -0.126. The van der Waals surface area contributed by atoms with Gasteiger partial charge in [0.2, 0.25) is 15.9 Å². The van der Waals surface area contributed by atoms with Gasteiger partial charge in [0.1, 0.15) is 16.4 Å². The average Bonchev–Trinajstić information content (AvgIpc) is 3.31. The van der Waals surface area contributed by atoms with Crippen LogP contribution in [-0.4, -0.2) is 58.0 Å². The predicted molar refractivity (Wildman–Crippen MR) is 107 cm³/mol. The zero-order valence-corrected chi connectivity index (χ0v) is 17.7. The van der Waals surface area contributed by atoms with Gasteiger partial charge in [-0.25, -0.2) is 8.42 Å². The van der Waals surface area contributed by atoms with Crippen LogP contribution in [0.3, 0.4) is 0 Å². The number of amides is 1. The SMILES string of the molecule is Cc1noc(C)c1S(=O)(=O)N1CCCC(C(=O)NCCc2nnc3ccccn23)C1. The van der Waals surface area contributed by atoms with Gasteiger partial charge in [-0.2, -0.15) is 4.31 Å². The van der Waals surface area contributed by atoms with Crippen LogP contribution in [0.25, 0.3) is 5.65 Å². The molecule has 160 valence electrons. The van der Waals surface area contributed by atoms with Crippen LogP contribution in [0, 0.1) is 19.8 Å². The van der Waals surface area contributed by atoms with Crippen LogP contribution in [0.5, 0.6) is 0 Å². The molecule has 0 aliphatic carbocycles. The van der Waals surface area contributed by atoms with E-state index in [2.05, 4.69) is 20.7 Å². The first-order chi connectivity index (χ1) is 14.4. The quantitative estimate of drug-likeness (QED) is 0.619. The van der Waals surface area contributed by atoms with Gasteiger partial charge in [0.15, 0.2) is 11.4 Å². The van der Waals surface area contributed by atoms with E-state index in [9.17, 15) is 13.2 Å². The second-order valence-corrected chi connectivity index (χ2v) is 9.32. The van der Waals surface area contributed by atoms with Gasteiger partial charge >= 0.3 is 0 Å². The number of piperidine rings is 1. The van der Waals surface area contributed by atoms with Crippen molar-refractivity contribution in [1.29, 1.82) is 0 Å². The minimum absolute atomic E-state index is 0.0993. The van der Waals surface area contributed by atoms with Gasteiger partial charge in [0.25, 0.3) is 0 Å². The fourth-order valence-corrected chi connectivity index (χ4v) is 5.66. The van der Waals surface area contributed by atoms with Crippen molar-refractivity contribution < 1.29 is 17.7 Å². The summed E-state index contributed by atoms with van der Waals surface area (Å²) in [6.45, 7) is 4.11. The van der Waals surface area contributed by atoms with Crippen LogP contribution < -0.4 is 5.32 Å². The molecule has 1 aliphatic rings. The van der Waals surface area contributed by atoms with Gasteiger partial charge in [-0.05, 0) is 38.8 Å². The van der Waals surface area contributed by atoms with E-state index in [0.29, 0.717) is 38.0 Å². The molecule has 1 N–H and O–H groups in total. The molecule has 0 spiro atoms. The van der Waals surface area contributed by atoms with Gasteiger partial charge in [-0.15, -0.1) is 10.2 Å². The average molecular weight is 433 g/mol. The topological polar surface area (TPSA) is 123 Å². The Balaban J connectivity index is 1.38. The van der Waals surface area contributed by atoms with Gasteiger partial charge in [-0.1, -0.05) is 11.2 Å². The number of nitrogens with zero attached hydrogens (tertiary/aromatic N) is 5. The fraction of sp³-hybridized carbons (Fsp3) is 0.474. The standard InChI is InChI=1S/C19H24N6O4S/c1-13-18(14(2)29-23-13)30(27,28)24-10-5-6-15(12-24)19(26)20-9-8-17-22-21-16-7-3-4-11-25(16)17/h3-4,7,11,15H,5-6,8-10,12H2,1-2H3,(H,20,26). The second kappa shape index (κ2) is 8.15. The third kappa shape index (κ3) is 3.82. The highest BCUT2D eigenvalue weighted by Gasteiger charge is 2.36. The smallest absolute Gasteiger partial charge is 0.248 e. The van der Waals surface area contributed by atoms with Gasteiger partial charge in [0, 0.05) is 32.3 Å². The predicted octanol–water partition coefficient (Wildman–Crippen LogP) is 1.09. The molecule has 1 unspecified atom stereocenters. The molecular formula is C19H24N6O4S. The summed E-state index contributed by atoms with van der Waals surface area (Å²) in [5.41, 5.74) is 1.09. The number of pyridine rings is 1. The molecular weight excluding hydrogens is 408 g/mol. The molecule has 4 heterocycles. The number of carbonyl (C=O) groups excluding carboxylic acids is 1. The number of sulfonamides is 1. The van der Waals surface area contributed by atoms with Crippen molar-refractivity contribution in [2.75, 3.05) is 19.6 Å². The molecule has 3 aromatic heterocycles. The summed E-state index contributed by atoms with van der Waals surface area (Å²) in [5, 5.41) is 14.9. The van der Waals surface area contributed by atoms with Crippen LogP contribution >= 0.6 is 0 Å². The Bertz CT molecular complexity index is 1150. The van der Waals surface area contributed by atoms with E-state index in [4.69, 9.17) is 4.52 Å². The highest BCUT2D eigenvalue weighted by atomic mass is 32.2. The lowest BCUT2D eigenvalue weighted by Crippen LogP contribution is -2.45. The third-order valence-electron chi connectivity index (χ3n) is 5.35. The molecule has 4 rings (SSSR count). The van der Waals surface area contributed by atoms with Crippen molar-refractivity contribution in [2.45, 2.75) is 38.0 Å². The summed E-state index contributed by atoms with van der Waals surface area (Å²) in [5.74, 6) is 0.475. The molecule has 0 radical (unpaired) electrons. The summed E-state index contributed by atoms with van der Waals surface area (Å²) in [6, 6.07) is 5.65. The van der Waals surface area contributed by atoms with E-state index in [-0.39, 0.29) is 23.1 Å². The lowest BCUT2D eigenvalue weighted by atomic mass is 9.99. The summed E-state index contributed by atoms with van der Waals surface area (Å²) in [4.78, 5) is 12.8. The van der Waals surface area contributed by atoms with Crippen LogP contribution in [0.2, 0.25) is 0 Å². The van der Waals surface area contributed by atoms with Crippen LogP contribution in [0.15, 0.2) is 33.8 Å². The van der Waals surface area contributed by atoms with Crippen molar-refractivity contribution in [3.8, 4) is 0 Å². The lowest BCUT2D eigenvalue weighted by Gasteiger charge is -2.31. The number of rotatable bonds is 6. The van der Waals surface area contributed by atoms with Crippen molar-refractivity contribution in [3.05, 3.63) is 41.7 Å². The molecule has 1 fully saturated rings. The summed E-state index contributed by atoms with van der Waals surface area (Å²) in [6.07, 6.45) is 3.68. The molecule has 1 aliphatic heterocycles. The number of nitrogens with one attached hydrogen (secondary N) is 1. The largest absolute Gasteiger partial charge is 0.360 e. The number of aromatic nitrogens is 4. The summed E-state index contributed by atoms with van der Waals surface area (Å²) in [7, 11) is -3.75. The van der Waals surface area contributed by atoms with Crippen LogP contribution in [0.4, 0.5) is 0 Å². The zero-order chi connectivity index (χ0) is 21.3. The van der Waals surface area contributed by atoms with E-state index in [1.54, 1.807) is 13.8 Å². The Labute approximate surface area is 174 Å². The molecule has 0 bridgehead atoms. The highest BCUT2D eigenvalue weighted by Crippen LogP contribution is 2.27. The number of hydrogen-bond donors (Lipinski definition) is 1. The molecule has 1 amide bonds. The first-order valence-corrected chi connectivity index (χ1v) is 11.3. The molecule has 1 saturated heterocycles. The van der Waals surface area contributed by atoms with E-state index in [1.807, 2.05) is 28.8 Å². The Kier molecular flexibility index (Phi) is 5.56. The van der Waals surface area contributed by atoms with Crippen LogP contribution in [0.1, 0.15) is 30.1 Å². The Morgan fingerprint density at radius 1 is 1.30 bits per heavy atom. The minimum Gasteiger partial charge on any atom is -0.360 e. The van der Waals surface area contributed by atoms with Crippen molar-refractivity contribution in [3.63, 3.8) is 0 Å². The number of carbonyl (C=O) groups is 1. The molecule has 11 heteroatoms. The van der Waals surface area contributed by atoms with E-state index < -0.39 is 15.9 Å². The van der Waals surface area contributed by atoms with Gasteiger partial charge in [-0.3, -0.25) is 9.20 Å². The van der Waals surface area contributed by atoms with E-state index >= 15 is 0 Å². The maximum atomic E-state index is 13.0. The normalized spacial score (nSPS) is 18.0. The number of fused-ring (bicyclic) bond motifs is 1. The maximum Gasteiger partial charge on any atom is 0.248 e. The molecule has 1 atom stereocenters.